The van der Waals surface area contributed by atoms with Crippen molar-refractivity contribution in [2.75, 3.05) is 18.2 Å². The Balaban J connectivity index is 2.33. The van der Waals surface area contributed by atoms with Crippen LogP contribution in [0, 0.1) is 0 Å². The molecule has 0 aliphatic rings. The highest BCUT2D eigenvalue weighted by Gasteiger charge is 2.03. The van der Waals surface area contributed by atoms with E-state index < -0.39 is 0 Å². The van der Waals surface area contributed by atoms with Gasteiger partial charge in [0, 0.05) is 21.2 Å². The van der Waals surface area contributed by atoms with Crippen LogP contribution >= 0.6 is 27.5 Å². The standard InChI is InChI=1S/C13H12BrClN2O/c1-18-11-5-8(14)4-10(7-11)17-13-6-9(15)2-3-12(13)16/h2-7,17H,16H2,1H3. The fourth-order valence-corrected chi connectivity index (χ4v) is 2.19. The van der Waals surface area contributed by atoms with Gasteiger partial charge in [-0.05, 0) is 30.3 Å². The zero-order valence-electron chi connectivity index (χ0n) is 9.71. The summed E-state index contributed by atoms with van der Waals surface area (Å²) in [5.41, 5.74) is 8.16. The summed E-state index contributed by atoms with van der Waals surface area (Å²) in [4.78, 5) is 0. The van der Waals surface area contributed by atoms with E-state index >= 15 is 0 Å². The lowest BCUT2D eigenvalue weighted by Crippen LogP contribution is -1.96. The highest BCUT2D eigenvalue weighted by molar-refractivity contribution is 9.10. The Labute approximate surface area is 119 Å². The van der Waals surface area contributed by atoms with E-state index in [9.17, 15) is 0 Å². The second kappa shape index (κ2) is 5.50. The summed E-state index contributed by atoms with van der Waals surface area (Å²) in [5.74, 6) is 0.757. The topological polar surface area (TPSA) is 47.3 Å². The van der Waals surface area contributed by atoms with Gasteiger partial charge in [-0.15, -0.1) is 0 Å². The maximum absolute atomic E-state index is 5.94. The summed E-state index contributed by atoms with van der Waals surface area (Å²) < 4.78 is 6.12. The van der Waals surface area contributed by atoms with Crippen LogP contribution in [0.5, 0.6) is 5.75 Å². The smallest absolute Gasteiger partial charge is 0.122 e. The SMILES string of the molecule is COc1cc(Br)cc(Nc2cc(Cl)ccc2N)c1. The van der Waals surface area contributed by atoms with Crippen molar-refractivity contribution in [1.82, 2.24) is 0 Å². The molecule has 94 valence electrons. The molecule has 0 amide bonds. The molecule has 18 heavy (non-hydrogen) atoms. The second-order valence-electron chi connectivity index (χ2n) is 3.74. The Kier molecular flexibility index (Phi) is 3.99. The van der Waals surface area contributed by atoms with Crippen molar-refractivity contribution in [3.8, 4) is 5.75 Å². The largest absolute Gasteiger partial charge is 0.497 e. The van der Waals surface area contributed by atoms with Crippen molar-refractivity contribution in [3.63, 3.8) is 0 Å². The number of halogens is 2. The van der Waals surface area contributed by atoms with Crippen LogP contribution in [0.3, 0.4) is 0 Å². The molecule has 0 saturated carbocycles. The van der Waals surface area contributed by atoms with Crippen molar-refractivity contribution < 1.29 is 4.74 Å². The molecule has 0 heterocycles. The molecule has 0 aliphatic carbocycles. The summed E-state index contributed by atoms with van der Waals surface area (Å²) >= 11 is 9.37. The fraction of sp³-hybridized carbons (Fsp3) is 0.0769. The third-order valence-corrected chi connectivity index (χ3v) is 3.09. The lowest BCUT2D eigenvalue weighted by Gasteiger charge is -2.11. The van der Waals surface area contributed by atoms with E-state index in [0.29, 0.717) is 10.7 Å². The summed E-state index contributed by atoms with van der Waals surface area (Å²) in [5, 5.41) is 3.84. The van der Waals surface area contributed by atoms with Crippen LogP contribution in [-0.4, -0.2) is 7.11 Å². The maximum Gasteiger partial charge on any atom is 0.122 e. The van der Waals surface area contributed by atoms with Gasteiger partial charge in [-0.25, -0.2) is 0 Å². The number of ether oxygens (including phenoxy) is 1. The average Bonchev–Trinajstić information content (AvgIpc) is 2.33. The Hall–Kier alpha value is -1.39. The minimum atomic E-state index is 0.633. The minimum Gasteiger partial charge on any atom is -0.497 e. The van der Waals surface area contributed by atoms with Gasteiger partial charge in [0.15, 0.2) is 0 Å². The van der Waals surface area contributed by atoms with Crippen LogP contribution in [0.1, 0.15) is 0 Å². The van der Waals surface area contributed by atoms with Gasteiger partial charge in [-0.3, -0.25) is 0 Å². The molecular weight excluding hydrogens is 316 g/mol. The molecule has 0 saturated heterocycles. The van der Waals surface area contributed by atoms with Crippen molar-refractivity contribution in [1.29, 1.82) is 0 Å². The Morgan fingerprint density at radius 1 is 1.22 bits per heavy atom. The van der Waals surface area contributed by atoms with E-state index in [0.717, 1.165) is 21.6 Å². The molecular formula is C13H12BrClN2O. The van der Waals surface area contributed by atoms with E-state index in [1.54, 1.807) is 25.3 Å². The number of rotatable bonds is 3. The van der Waals surface area contributed by atoms with E-state index in [1.165, 1.54) is 0 Å². The lowest BCUT2D eigenvalue weighted by molar-refractivity contribution is 0.415. The van der Waals surface area contributed by atoms with Gasteiger partial charge in [0.2, 0.25) is 0 Å². The number of nitrogens with two attached hydrogens (primary N) is 1. The highest BCUT2D eigenvalue weighted by atomic mass is 79.9. The van der Waals surface area contributed by atoms with E-state index in [1.807, 2.05) is 18.2 Å². The van der Waals surface area contributed by atoms with Gasteiger partial charge in [0.25, 0.3) is 0 Å². The molecule has 5 heteroatoms. The first-order valence-electron chi connectivity index (χ1n) is 5.25. The van der Waals surface area contributed by atoms with Gasteiger partial charge in [-0.2, -0.15) is 0 Å². The van der Waals surface area contributed by atoms with Gasteiger partial charge >= 0.3 is 0 Å². The fourth-order valence-electron chi connectivity index (χ4n) is 1.54. The molecule has 0 bridgehead atoms. The molecule has 3 nitrogen and oxygen atoms in total. The van der Waals surface area contributed by atoms with E-state index in [-0.39, 0.29) is 0 Å². The third kappa shape index (κ3) is 3.09. The van der Waals surface area contributed by atoms with Crippen LogP contribution < -0.4 is 15.8 Å². The zero-order valence-corrected chi connectivity index (χ0v) is 12.0. The Bertz CT molecular complexity index is 575. The van der Waals surface area contributed by atoms with Crippen LogP contribution in [0.25, 0.3) is 0 Å². The summed E-state index contributed by atoms with van der Waals surface area (Å²) in [6.07, 6.45) is 0. The lowest BCUT2D eigenvalue weighted by atomic mass is 10.2. The number of nitrogens with one attached hydrogen (secondary N) is 1. The van der Waals surface area contributed by atoms with Crippen molar-refractivity contribution in [3.05, 3.63) is 45.9 Å². The van der Waals surface area contributed by atoms with Crippen molar-refractivity contribution >= 4 is 44.6 Å². The number of hydrogen-bond donors (Lipinski definition) is 2. The van der Waals surface area contributed by atoms with Crippen molar-refractivity contribution in [2.24, 2.45) is 0 Å². The number of methoxy groups -OCH3 is 1. The van der Waals surface area contributed by atoms with Crippen LogP contribution in [0.2, 0.25) is 5.02 Å². The molecule has 0 atom stereocenters. The van der Waals surface area contributed by atoms with E-state index in [2.05, 4.69) is 21.2 Å². The molecule has 2 aromatic carbocycles. The summed E-state index contributed by atoms with van der Waals surface area (Å²) in [6, 6.07) is 11.0. The molecule has 2 rings (SSSR count). The zero-order chi connectivity index (χ0) is 13.1. The minimum absolute atomic E-state index is 0.633. The molecule has 0 spiro atoms. The number of anilines is 3. The predicted octanol–water partition coefficient (Wildman–Crippen LogP) is 4.44. The van der Waals surface area contributed by atoms with Crippen LogP contribution in [0.15, 0.2) is 40.9 Å². The number of benzene rings is 2. The third-order valence-electron chi connectivity index (χ3n) is 2.40. The predicted molar refractivity (Wildman–Crippen MR) is 79.8 cm³/mol. The summed E-state index contributed by atoms with van der Waals surface area (Å²) in [6.45, 7) is 0. The summed E-state index contributed by atoms with van der Waals surface area (Å²) in [7, 11) is 1.62. The first kappa shape index (κ1) is 13.1. The van der Waals surface area contributed by atoms with Gasteiger partial charge in [0.1, 0.15) is 5.75 Å². The molecule has 0 aromatic heterocycles. The average molecular weight is 328 g/mol. The van der Waals surface area contributed by atoms with E-state index in [4.69, 9.17) is 22.1 Å². The maximum atomic E-state index is 5.94. The van der Waals surface area contributed by atoms with Gasteiger partial charge < -0.3 is 15.8 Å². The second-order valence-corrected chi connectivity index (χ2v) is 5.09. The van der Waals surface area contributed by atoms with Gasteiger partial charge in [-0.1, -0.05) is 27.5 Å². The molecule has 0 radical (unpaired) electrons. The molecule has 0 fully saturated rings. The monoisotopic (exact) mass is 326 g/mol. The van der Waals surface area contributed by atoms with Crippen LogP contribution in [0.4, 0.5) is 17.1 Å². The van der Waals surface area contributed by atoms with Crippen LogP contribution in [-0.2, 0) is 0 Å². The Morgan fingerprint density at radius 2 is 2.00 bits per heavy atom. The molecule has 3 N–H and O–H groups in total. The number of nitrogen functional groups attached to an aromatic ring is 1. The number of hydrogen-bond acceptors (Lipinski definition) is 3. The molecule has 2 aromatic rings. The quantitative estimate of drug-likeness (QED) is 0.819. The highest BCUT2D eigenvalue weighted by Crippen LogP contribution is 2.30. The van der Waals surface area contributed by atoms with Crippen molar-refractivity contribution in [2.45, 2.75) is 0 Å². The first-order chi connectivity index (χ1) is 8.58. The molecule has 0 unspecified atom stereocenters. The van der Waals surface area contributed by atoms with Gasteiger partial charge in [0.05, 0.1) is 18.5 Å². The molecule has 0 aliphatic heterocycles. The first-order valence-corrected chi connectivity index (χ1v) is 6.42. The normalized spacial score (nSPS) is 10.2. The Morgan fingerprint density at radius 3 is 2.72 bits per heavy atom.